The monoisotopic (exact) mass is 533 g/mol. The molecule has 9 nitrogen and oxygen atoms in total. The minimum Gasteiger partial charge on any atom is -0.489 e. The van der Waals surface area contributed by atoms with Gasteiger partial charge in [0.1, 0.15) is 18.2 Å². The quantitative estimate of drug-likeness (QED) is 0.222. The first-order chi connectivity index (χ1) is 18.6. The van der Waals surface area contributed by atoms with Crippen molar-refractivity contribution in [1.82, 2.24) is 15.0 Å². The molecule has 1 aliphatic heterocycles. The molecule has 1 aromatic heterocycles. The summed E-state index contributed by atoms with van der Waals surface area (Å²) in [5, 5.41) is 7.83. The van der Waals surface area contributed by atoms with E-state index in [-0.39, 0.29) is 6.61 Å². The van der Waals surface area contributed by atoms with Crippen LogP contribution in [-0.2, 0) is 11.3 Å². The van der Waals surface area contributed by atoms with E-state index in [1.54, 1.807) is 30.5 Å². The third kappa shape index (κ3) is 6.72. The highest BCUT2D eigenvalue weighted by molar-refractivity contribution is 6.31. The molecular weight excluding hydrogens is 509 g/mol. The van der Waals surface area contributed by atoms with Gasteiger partial charge in [0.2, 0.25) is 17.8 Å². The van der Waals surface area contributed by atoms with Crippen molar-refractivity contribution in [2.24, 2.45) is 5.10 Å². The van der Waals surface area contributed by atoms with E-state index < -0.39 is 5.82 Å². The van der Waals surface area contributed by atoms with Crippen molar-refractivity contribution in [2.75, 3.05) is 41.9 Å². The Morgan fingerprint density at radius 1 is 0.947 bits per heavy atom. The van der Waals surface area contributed by atoms with Gasteiger partial charge in [-0.3, -0.25) is 0 Å². The van der Waals surface area contributed by atoms with Crippen LogP contribution in [0, 0.1) is 5.82 Å². The Bertz CT molecular complexity index is 1360. The molecule has 0 radical (unpaired) electrons. The Labute approximate surface area is 224 Å². The molecule has 0 amide bonds. The standard InChI is InChI=1S/C27H25ClFN7O2/c28-23-7-4-8-24(29)22(23)18-38-21-11-9-19(10-12-21)17-30-35-26-32-25(31-20-5-2-1-3-6-20)33-27(34-26)36-13-15-37-16-14-36/h1-12,17H,13-16,18H2,(H2,31,32,33,34,35)/b30-17+. The number of nitrogens with zero attached hydrogens (tertiary/aromatic N) is 5. The molecule has 0 aliphatic carbocycles. The number of hydrazone groups is 1. The number of hydrogen-bond donors (Lipinski definition) is 2. The van der Waals surface area contributed by atoms with Crippen molar-refractivity contribution < 1.29 is 13.9 Å². The van der Waals surface area contributed by atoms with Crippen molar-refractivity contribution in [1.29, 1.82) is 0 Å². The van der Waals surface area contributed by atoms with E-state index in [2.05, 4.69) is 30.8 Å². The van der Waals surface area contributed by atoms with Gasteiger partial charge in [-0.15, -0.1) is 0 Å². The van der Waals surface area contributed by atoms with Crippen LogP contribution in [0.4, 0.5) is 27.9 Å². The van der Waals surface area contributed by atoms with Crippen LogP contribution in [0.25, 0.3) is 0 Å². The van der Waals surface area contributed by atoms with Crippen LogP contribution in [0.2, 0.25) is 5.02 Å². The van der Waals surface area contributed by atoms with Crippen molar-refractivity contribution in [3.05, 3.63) is 94.8 Å². The molecule has 2 N–H and O–H groups in total. The second-order valence-electron chi connectivity index (χ2n) is 8.30. The summed E-state index contributed by atoms with van der Waals surface area (Å²) >= 11 is 6.06. The Balaban J connectivity index is 1.25. The molecule has 5 rings (SSSR count). The number of nitrogens with one attached hydrogen (secondary N) is 2. The molecule has 4 aromatic rings. The van der Waals surface area contributed by atoms with Gasteiger partial charge in [0.05, 0.1) is 24.5 Å². The van der Waals surface area contributed by atoms with E-state index in [0.29, 0.717) is 60.5 Å². The zero-order valence-corrected chi connectivity index (χ0v) is 21.1. The predicted molar refractivity (Wildman–Crippen MR) is 146 cm³/mol. The molecule has 2 heterocycles. The topological polar surface area (TPSA) is 96.8 Å². The Morgan fingerprint density at radius 3 is 2.47 bits per heavy atom. The van der Waals surface area contributed by atoms with Gasteiger partial charge in [0.25, 0.3) is 0 Å². The SMILES string of the molecule is Fc1cccc(Cl)c1COc1ccc(/C=N/Nc2nc(Nc3ccccc3)nc(N3CCOCC3)n2)cc1. The zero-order valence-electron chi connectivity index (χ0n) is 20.3. The van der Waals surface area contributed by atoms with E-state index in [1.807, 2.05) is 47.4 Å². The number of ether oxygens (including phenoxy) is 2. The van der Waals surface area contributed by atoms with Gasteiger partial charge in [-0.2, -0.15) is 20.1 Å². The number of hydrogen-bond acceptors (Lipinski definition) is 9. The summed E-state index contributed by atoms with van der Waals surface area (Å²) in [5.41, 5.74) is 4.89. The van der Waals surface area contributed by atoms with Crippen LogP contribution in [0.3, 0.4) is 0 Å². The van der Waals surface area contributed by atoms with Crippen LogP contribution < -0.4 is 20.4 Å². The van der Waals surface area contributed by atoms with Gasteiger partial charge in [-0.05, 0) is 54.1 Å². The highest BCUT2D eigenvalue weighted by Gasteiger charge is 2.17. The summed E-state index contributed by atoms with van der Waals surface area (Å²) in [6, 6.07) is 21.4. The van der Waals surface area contributed by atoms with Gasteiger partial charge in [0, 0.05) is 24.3 Å². The first-order valence-corrected chi connectivity index (χ1v) is 12.4. The molecule has 194 valence electrons. The molecule has 1 saturated heterocycles. The Morgan fingerprint density at radius 2 is 1.71 bits per heavy atom. The largest absolute Gasteiger partial charge is 0.489 e. The molecule has 0 atom stereocenters. The average Bonchev–Trinajstić information content (AvgIpc) is 2.94. The molecule has 1 fully saturated rings. The fourth-order valence-electron chi connectivity index (χ4n) is 3.67. The minimum absolute atomic E-state index is 0.0324. The molecule has 38 heavy (non-hydrogen) atoms. The smallest absolute Gasteiger partial charge is 0.250 e. The lowest BCUT2D eigenvalue weighted by Gasteiger charge is -2.27. The molecule has 11 heteroatoms. The van der Waals surface area contributed by atoms with Crippen molar-refractivity contribution in [2.45, 2.75) is 6.61 Å². The third-order valence-corrected chi connectivity index (χ3v) is 6.00. The molecule has 3 aromatic carbocycles. The zero-order chi connectivity index (χ0) is 26.2. The summed E-state index contributed by atoms with van der Waals surface area (Å²) < 4.78 is 25.1. The fraction of sp³-hybridized carbons (Fsp3) is 0.185. The van der Waals surface area contributed by atoms with E-state index in [9.17, 15) is 4.39 Å². The Hall–Kier alpha value is -4.28. The number of para-hydroxylation sites is 1. The lowest BCUT2D eigenvalue weighted by molar-refractivity contribution is 0.122. The van der Waals surface area contributed by atoms with Crippen molar-refractivity contribution >= 4 is 41.3 Å². The maximum absolute atomic E-state index is 13.9. The van der Waals surface area contributed by atoms with E-state index >= 15 is 0 Å². The van der Waals surface area contributed by atoms with Gasteiger partial charge in [0.15, 0.2) is 0 Å². The maximum Gasteiger partial charge on any atom is 0.250 e. The first-order valence-electron chi connectivity index (χ1n) is 12.0. The second kappa shape index (κ2) is 12.3. The predicted octanol–water partition coefficient (Wildman–Crippen LogP) is 5.27. The summed E-state index contributed by atoms with van der Waals surface area (Å²) in [7, 11) is 0. The highest BCUT2D eigenvalue weighted by atomic mass is 35.5. The lowest BCUT2D eigenvalue weighted by Crippen LogP contribution is -2.37. The van der Waals surface area contributed by atoms with Crippen LogP contribution >= 0.6 is 11.6 Å². The number of morpholine rings is 1. The molecule has 1 aliphatic rings. The summed E-state index contributed by atoms with van der Waals surface area (Å²) in [4.78, 5) is 15.6. The van der Waals surface area contributed by atoms with E-state index in [0.717, 1.165) is 11.3 Å². The van der Waals surface area contributed by atoms with Gasteiger partial charge >= 0.3 is 0 Å². The van der Waals surface area contributed by atoms with E-state index in [4.69, 9.17) is 21.1 Å². The van der Waals surface area contributed by atoms with Crippen LogP contribution in [0.1, 0.15) is 11.1 Å². The molecule has 0 spiro atoms. The number of benzene rings is 3. The molecular formula is C27H25ClFN7O2. The van der Waals surface area contributed by atoms with Crippen molar-refractivity contribution in [3.8, 4) is 5.75 Å². The maximum atomic E-state index is 13.9. The molecule has 0 saturated carbocycles. The number of aromatic nitrogens is 3. The summed E-state index contributed by atoms with van der Waals surface area (Å²) in [5.74, 6) is 1.43. The van der Waals surface area contributed by atoms with Gasteiger partial charge < -0.3 is 19.7 Å². The average molecular weight is 534 g/mol. The summed E-state index contributed by atoms with van der Waals surface area (Å²) in [6.07, 6.45) is 1.64. The molecule has 0 bridgehead atoms. The van der Waals surface area contributed by atoms with Crippen LogP contribution in [-0.4, -0.2) is 47.5 Å². The summed E-state index contributed by atoms with van der Waals surface area (Å²) in [6.45, 7) is 2.64. The Kier molecular flexibility index (Phi) is 8.22. The minimum atomic E-state index is -0.399. The number of rotatable bonds is 9. The number of halogens is 2. The normalized spacial score (nSPS) is 13.5. The first kappa shape index (κ1) is 25.4. The van der Waals surface area contributed by atoms with Gasteiger partial charge in [-0.25, -0.2) is 9.82 Å². The lowest BCUT2D eigenvalue weighted by atomic mass is 10.2. The van der Waals surface area contributed by atoms with Crippen LogP contribution in [0.5, 0.6) is 5.75 Å². The number of anilines is 4. The van der Waals surface area contributed by atoms with Gasteiger partial charge in [-0.1, -0.05) is 35.9 Å². The van der Waals surface area contributed by atoms with Crippen molar-refractivity contribution in [3.63, 3.8) is 0 Å². The second-order valence-corrected chi connectivity index (χ2v) is 8.71. The highest BCUT2D eigenvalue weighted by Crippen LogP contribution is 2.22. The van der Waals surface area contributed by atoms with Crippen LogP contribution in [0.15, 0.2) is 77.9 Å². The molecule has 0 unspecified atom stereocenters. The fourth-order valence-corrected chi connectivity index (χ4v) is 3.88. The van der Waals surface area contributed by atoms with E-state index in [1.165, 1.54) is 6.07 Å². The third-order valence-electron chi connectivity index (χ3n) is 5.65.